The summed E-state index contributed by atoms with van der Waals surface area (Å²) in [6.07, 6.45) is -4.77. The fourth-order valence-electron chi connectivity index (χ4n) is 1.83. The van der Waals surface area contributed by atoms with Gasteiger partial charge < -0.3 is 14.9 Å². The molecule has 0 spiro atoms. The third-order valence-corrected chi connectivity index (χ3v) is 2.92. The standard InChI is InChI=1S/C14H13F4NO2/c1-8-9(6-19)4-11(21-8)7-20-10-2-3-13(15)12(5-10)14(16,17)18/h2-5H,6-7,19H2,1H3. The van der Waals surface area contributed by atoms with Crippen molar-refractivity contribution >= 4 is 0 Å². The van der Waals surface area contributed by atoms with E-state index in [1.807, 2.05) is 0 Å². The molecule has 0 saturated heterocycles. The molecule has 0 amide bonds. The van der Waals surface area contributed by atoms with Gasteiger partial charge in [-0.2, -0.15) is 13.2 Å². The summed E-state index contributed by atoms with van der Waals surface area (Å²) in [4.78, 5) is 0. The van der Waals surface area contributed by atoms with E-state index in [1.165, 1.54) is 0 Å². The minimum absolute atomic E-state index is 0.0657. The Morgan fingerprint density at radius 2 is 1.95 bits per heavy atom. The molecule has 0 unspecified atom stereocenters. The van der Waals surface area contributed by atoms with E-state index < -0.39 is 17.6 Å². The van der Waals surface area contributed by atoms with Crippen molar-refractivity contribution in [3.05, 3.63) is 52.7 Å². The fraction of sp³-hybridized carbons (Fsp3) is 0.286. The van der Waals surface area contributed by atoms with Crippen LogP contribution in [0.1, 0.15) is 22.6 Å². The van der Waals surface area contributed by atoms with Crippen molar-refractivity contribution < 1.29 is 26.7 Å². The summed E-state index contributed by atoms with van der Waals surface area (Å²) in [6, 6.07) is 4.14. The van der Waals surface area contributed by atoms with Gasteiger partial charge in [0.25, 0.3) is 0 Å². The number of benzene rings is 1. The maximum absolute atomic E-state index is 13.1. The van der Waals surface area contributed by atoms with E-state index in [0.717, 1.165) is 17.7 Å². The van der Waals surface area contributed by atoms with Crippen LogP contribution in [-0.4, -0.2) is 0 Å². The Balaban J connectivity index is 2.13. The van der Waals surface area contributed by atoms with E-state index in [4.69, 9.17) is 14.9 Å². The quantitative estimate of drug-likeness (QED) is 0.874. The van der Waals surface area contributed by atoms with Crippen molar-refractivity contribution in [3.63, 3.8) is 0 Å². The zero-order valence-corrected chi connectivity index (χ0v) is 11.1. The summed E-state index contributed by atoms with van der Waals surface area (Å²) in [5.41, 5.74) is 4.92. The first kappa shape index (κ1) is 15.4. The van der Waals surface area contributed by atoms with Gasteiger partial charge in [0, 0.05) is 12.1 Å². The first-order valence-electron chi connectivity index (χ1n) is 6.09. The molecule has 0 atom stereocenters. The third kappa shape index (κ3) is 3.55. The molecule has 1 heterocycles. The Labute approximate surface area is 118 Å². The summed E-state index contributed by atoms with van der Waals surface area (Å²) < 4.78 is 61.4. The maximum Gasteiger partial charge on any atom is 0.419 e. The van der Waals surface area contributed by atoms with Gasteiger partial charge in [-0.05, 0) is 31.2 Å². The van der Waals surface area contributed by atoms with Crippen molar-refractivity contribution in [2.75, 3.05) is 0 Å². The van der Waals surface area contributed by atoms with Crippen LogP contribution in [0.2, 0.25) is 0 Å². The number of alkyl halides is 3. The largest absolute Gasteiger partial charge is 0.486 e. The Morgan fingerprint density at radius 3 is 2.52 bits per heavy atom. The second kappa shape index (κ2) is 5.77. The molecule has 0 radical (unpaired) electrons. The number of halogens is 4. The second-order valence-electron chi connectivity index (χ2n) is 4.43. The summed E-state index contributed by atoms with van der Waals surface area (Å²) in [5, 5.41) is 0. The van der Waals surface area contributed by atoms with Crippen LogP contribution < -0.4 is 10.5 Å². The van der Waals surface area contributed by atoms with Gasteiger partial charge in [0.1, 0.15) is 29.7 Å². The predicted molar refractivity (Wildman–Crippen MR) is 67.1 cm³/mol. The highest BCUT2D eigenvalue weighted by atomic mass is 19.4. The number of furan rings is 1. The lowest BCUT2D eigenvalue weighted by Crippen LogP contribution is -2.08. The minimum atomic E-state index is -4.77. The summed E-state index contributed by atoms with van der Waals surface area (Å²) >= 11 is 0. The van der Waals surface area contributed by atoms with Crippen LogP contribution in [0.15, 0.2) is 28.7 Å². The average molecular weight is 303 g/mol. The Hall–Kier alpha value is -2.02. The average Bonchev–Trinajstić information content (AvgIpc) is 2.77. The zero-order chi connectivity index (χ0) is 15.6. The number of nitrogens with two attached hydrogens (primary N) is 1. The van der Waals surface area contributed by atoms with Gasteiger partial charge in [-0.15, -0.1) is 0 Å². The SMILES string of the molecule is Cc1oc(COc2ccc(F)c(C(F)(F)F)c2)cc1CN. The molecular formula is C14H13F4NO2. The highest BCUT2D eigenvalue weighted by Crippen LogP contribution is 2.33. The van der Waals surface area contributed by atoms with Crippen molar-refractivity contribution in [1.82, 2.24) is 0 Å². The van der Waals surface area contributed by atoms with Gasteiger partial charge in [0.2, 0.25) is 0 Å². The Morgan fingerprint density at radius 1 is 1.24 bits per heavy atom. The van der Waals surface area contributed by atoms with Crippen molar-refractivity contribution in [3.8, 4) is 5.75 Å². The van der Waals surface area contributed by atoms with Gasteiger partial charge in [-0.1, -0.05) is 0 Å². The van der Waals surface area contributed by atoms with Gasteiger partial charge in [0.05, 0.1) is 5.56 Å². The van der Waals surface area contributed by atoms with Crippen LogP contribution in [0.4, 0.5) is 17.6 Å². The van der Waals surface area contributed by atoms with Crippen LogP contribution >= 0.6 is 0 Å². The molecule has 1 aromatic heterocycles. The molecule has 3 nitrogen and oxygen atoms in total. The van der Waals surface area contributed by atoms with E-state index in [9.17, 15) is 17.6 Å². The topological polar surface area (TPSA) is 48.4 Å². The van der Waals surface area contributed by atoms with E-state index >= 15 is 0 Å². The highest BCUT2D eigenvalue weighted by Gasteiger charge is 2.34. The molecule has 2 N–H and O–H groups in total. The third-order valence-electron chi connectivity index (χ3n) is 2.92. The Kier molecular flexibility index (Phi) is 4.22. The van der Waals surface area contributed by atoms with Gasteiger partial charge in [-0.25, -0.2) is 4.39 Å². The molecule has 2 aromatic rings. The lowest BCUT2D eigenvalue weighted by molar-refractivity contribution is -0.140. The van der Waals surface area contributed by atoms with E-state index in [0.29, 0.717) is 24.1 Å². The smallest absolute Gasteiger partial charge is 0.419 e. The monoisotopic (exact) mass is 303 g/mol. The number of hydrogen-bond donors (Lipinski definition) is 1. The van der Waals surface area contributed by atoms with Crippen molar-refractivity contribution in [2.24, 2.45) is 5.73 Å². The van der Waals surface area contributed by atoms with Crippen molar-refractivity contribution in [2.45, 2.75) is 26.3 Å². The normalized spacial score (nSPS) is 11.7. The molecule has 0 bridgehead atoms. The Bertz CT molecular complexity index is 634. The molecule has 7 heteroatoms. The van der Waals surface area contributed by atoms with E-state index in [1.54, 1.807) is 13.0 Å². The summed E-state index contributed by atoms with van der Waals surface area (Å²) in [7, 11) is 0. The summed E-state index contributed by atoms with van der Waals surface area (Å²) in [6.45, 7) is 1.96. The van der Waals surface area contributed by atoms with Crippen molar-refractivity contribution in [1.29, 1.82) is 0 Å². The molecule has 0 saturated carbocycles. The maximum atomic E-state index is 13.1. The van der Waals surface area contributed by atoms with Gasteiger partial charge >= 0.3 is 6.18 Å². The molecule has 1 aromatic carbocycles. The number of rotatable bonds is 4. The van der Waals surface area contributed by atoms with E-state index in [-0.39, 0.29) is 12.4 Å². The predicted octanol–water partition coefficient (Wildman–Crippen LogP) is 3.78. The first-order chi connectivity index (χ1) is 9.81. The first-order valence-corrected chi connectivity index (χ1v) is 6.09. The van der Waals surface area contributed by atoms with E-state index in [2.05, 4.69) is 0 Å². The van der Waals surface area contributed by atoms with Gasteiger partial charge in [-0.3, -0.25) is 0 Å². The highest BCUT2D eigenvalue weighted by molar-refractivity contribution is 5.32. The number of aryl methyl sites for hydroxylation is 1. The lowest BCUT2D eigenvalue weighted by Gasteiger charge is -2.10. The van der Waals surface area contributed by atoms with Crippen LogP contribution in [0.3, 0.4) is 0 Å². The van der Waals surface area contributed by atoms with Crippen LogP contribution in [0.5, 0.6) is 5.75 Å². The van der Waals surface area contributed by atoms with Gasteiger partial charge in [0.15, 0.2) is 0 Å². The molecule has 0 fully saturated rings. The number of ether oxygens (including phenoxy) is 1. The van der Waals surface area contributed by atoms with Crippen LogP contribution in [0.25, 0.3) is 0 Å². The fourth-order valence-corrected chi connectivity index (χ4v) is 1.83. The molecule has 0 aliphatic rings. The van der Waals surface area contributed by atoms with Crippen LogP contribution in [-0.2, 0) is 19.3 Å². The molecule has 114 valence electrons. The number of hydrogen-bond acceptors (Lipinski definition) is 3. The summed E-state index contributed by atoms with van der Waals surface area (Å²) in [5.74, 6) is -0.363. The second-order valence-corrected chi connectivity index (χ2v) is 4.43. The van der Waals surface area contributed by atoms with Crippen LogP contribution in [0, 0.1) is 12.7 Å². The molecule has 21 heavy (non-hydrogen) atoms. The molecule has 0 aliphatic heterocycles. The molecule has 0 aliphatic carbocycles. The lowest BCUT2D eigenvalue weighted by atomic mass is 10.2. The molecule has 2 rings (SSSR count). The molecular weight excluding hydrogens is 290 g/mol. The minimum Gasteiger partial charge on any atom is -0.486 e. The zero-order valence-electron chi connectivity index (χ0n) is 11.1.